The van der Waals surface area contributed by atoms with Crippen molar-refractivity contribution >= 4 is 28.7 Å². The quantitative estimate of drug-likeness (QED) is 0.799. The Labute approximate surface area is 104 Å². The molecule has 0 unspecified atom stereocenters. The predicted octanol–water partition coefficient (Wildman–Crippen LogP) is 1.56. The van der Waals surface area contributed by atoms with E-state index in [1.165, 1.54) is 0 Å². The fourth-order valence-electron chi connectivity index (χ4n) is 1.30. The summed E-state index contributed by atoms with van der Waals surface area (Å²) in [4.78, 5) is 4.46. The van der Waals surface area contributed by atoms with E-state index >= 15 is 0 Å². The Kier molecular flexibility index (Phi) is 3.24. The third-order valence-corrected chi connectivity index (χ3v) is 2.38. The molecule has 17 heavy (non-hydrogen) atoms. The van der Waals surface area contributed by atoms with Crippen molar-refractivity contribution < 1.29 is 0 Å². The third kappa shape index (κ3) is 2.73. The summed E-state index contributed by atoms with van der Waals surface area (Å²) >= 11 is 4.94. The number of hydrogen-bond acceptors (Lipinski definition) is 5. The minimum atomic E-state index is 0.280. The largest absolute Gasteiger partial charge is 0.389 e. The normalized spacial score (nSPS) is 9.94. The summed E-state index contributed by atoms with van der Waals surface area (Å²) < 4.78 is 0. The van der Waals surface area contributed by atoms with Gasteiger partial charge in [0.1, 0.15) is 4.99 Å². The molecule has 0 fully saturated rings. The Balaban J connectivity index is 2.30. The van der Waals surface area contributed by atoms with Crippen LogP contribution < -0.4 is 11.1 Å². The van der Waals surface area contributed by atoms with E-state index in [2.05, 4.69) is 20.5 Å². The number of pyridine rings is 1. The molecule has 0 aliphatic heterocycles. The first-order valence-corrected chi connectivity index (χ1v) is 5.39. The molecule has 0 aromatic carbocycles. The maximum atomic E-state index is 5.60. The van der Waals surface area contributed by atoms with Gasteiger partial charge in [-0.3, -0.25) is 4.98 Å². The Bertz CT molecular complexity index is 538. The zero-order valence-corrected chi connectivity index (χ0v) is 10.0. The van der Waals surface area contributed by atoms with Crippen LogP contribution in [0.4, 0.5) is 11.5 Å². The first-order chi connectivity index (χ1) is 8.16. The molecule has 0 aliphatic rings. The van der Waals surface area contributed by atoms with Crippen LogP contribution in [0.2, 0.25) is 0 Å². The number of nitrogens with zero attached hydrogens (tertiary/aromatic N) is 3. The van der Waals surface area contributed by atoms with Crippen molar-refractivity contribution in [2.45, 2.75) is 6.92 Å². The summed E-state index contributed by atoms with van der Waals surface area (Å²) in [6, 6.07) is 5.53. The second kappa shape index (κ2) is 4.84. The molecule has 0 radical (unpaired) electrons. The van der Waals surface area contributed by atoms with Gasteiger partial charge < -0.3 is 11.1 Å². The standard InChI is InChI=1S/C11H11N5S/c1-7-2-3-8(6-13-7)15-11-9(10(12)17)4-5-14-16-11/h2-6H,1H3,(H2,12,17)(H,15,16). The predicted molar refractivity (Wildman–Crippen MR) is 70.2 cm³/mol. The van der Waals surface area contributed by atoms with Crippen molar-refractivity contribution in [1.82, 2.24) is 15.2 Å². The highest BCUT2D eigenvalue weighted by molar-refractivity contribution is 7.80. The Morgan fingerprint density at radius 1 is 1.35 bits per heavy atom. The van der Waals surface area contributed by atoms with E-state index in [1.54, 1.807) is 18.5 Å². The summed E-state index contributed by atoms with van der Waals surface area (Å²) in [5, 5.41) is 10.8. The smallest absolute Gasteiger partial charge is 0.163 e. The molecule has 0 saturated carbocycles. The average molecular weight is 245 g/mol. The number of nitrogens with two attached hydrogens (primary N) is 1. The number of hydrogen-bond donors (Lipinski definition) is 2. The maximum absolute atomic E-state index is 5.60. The van der Waals surface area contributed by atoms with Gasteiger partial charge in [0, 0.05) is 5.69 Å². The minimum absolute atomic E-state index is 0.280. The zero-order chi connectivity index (χ0) is 12.3. The molecule has 3 N–H and O–H groups in total. The highest BCUT2D eigenvalue weighted by Gasteiger charge is 2.06. The number of anilines is 2. The molecule has 2 rings (SSSR count). The van der Waals surface area contributed by atoms with Crippen LogP contribution in [-0.4, -0.2) is 20.2 Å². The lowest BCUT2D eigenvalue weighted by molar-refractivity contribution is 1.03. The van der Waals surface area contributed by atoms with Crippen molar-refractivity contribution in [1.29, 1.82) is 0 Å². The van der Waals surface area contributed by atoms with Gasteiger partial charge in [0.15, 0.2) is 5.82 Å². The molecule has 0 amide bonds. The molecule has 2 aromatic heterocycles. The molecular formula is C11H11N5S. The molecule has 2 heterocycles. The van der Waals surface area contributed by atoms with E-state index in [0.717, 1.165) is 11.4 Å². The minimum Gasteiger partial charge on any atom is -0.389 e. The monoisotopic (exact) mass is 245 g/mol. The van der Waals surface area contributed by atoms with Crippen LogP contribution >= 0.6 is 12.2 Å². The summed E-state index contributed by atoms with van der Waals surface area (Å²) in [5.74, 6) is 0.533. The average Bonchev–Trinajstić information content (AvgIpc) is 2.32. The topological polar surface area (TPSA) is 76.7 Å². The maximum Gasteiger partial charge on any atom is 0.163 e. The van der Waals surface area contributed by atoms with Gasteiger partial charge in [-0.25, -0.2) is 0 Å². The van der Waals surface area contributed by atoms with Crippen LogP contribution in [0.1, 0.15) is 11.3 Å². The lowest BCUT2D eigenvalue weighted by Gasteiger charge is -2.08. The SMILES string of the molecule is Cc1ccc(Nc2nnccc2C(N)=S)cn1. The fourth-order valence-corrected chi connectivity index (χ4v) is 1.47. The lowest BCUT2D eigenvalue weighted by atomic mass is 10.2. The van der Waals surface area contributed by atoms with Gasteiger partial charge in [-0.2, -0.15) is 5.10 Å². The first-order valence-electron chi connectivity index (χ1n) is 4.98. The lowest BCUT2D eigenvalue weighted by Crippen LogP contribution is -2.13. The summed E-state index contributed by atoms with van der Waals surface area (Å²) in [7, 11) is 0. The molecule has 0 spiro atoms. The second-order valence-corrected chi connectivity index (χ2v) is 3.91. The van der Waals surface area contributed by atoms with Crippen LogP contribution in [0.25, 0.3) is 0 Å². The number of thiocarbonyl (C=S) groups is 1. The number of aryl methyl sites for hydroxylation is 1. The molecule has 0 atom stereocenters. The summed E-state index contributed by atoms with van der Waals surface area (Å²) in [6.45, 7) is 1.92. The van der Waals surface area contributed by atoms with Crippen molar-refractivity contribution in [2.75, 3.05) is 5.32 Å². The summed E-state index contributed by atoms with van der Waals surface area (Å²) in [5.41, 5.74) is 8.02. The highest BCUT2D eigenvalue weighted by atomic mass is 32.1. The second-order valence-electron chi connectivity index (χ2n) is 3.47. The Morgan fingerprint density at radius 3 is 2.82 bits per heavy atom. The zero-order valence-electron chi connectivity index (χ0n) is 9.21. The molecule has 6 heteroatoms. The van der Waals surface area contributed by atoms with Crippen LogP contribution in [0.3, 0.4) is 0 Å². The summed E-state index contributed by atoms with van der Waals surface area (Å²) in [6.07, 6.45) is 3.26. The van der Waals surface area contributed by atoms with Crippen molar-refractivity contribution in [3.05, 3.63) is 41.9 Å². The molecule has 0 aliphatic carbocycles. The number of aromatic nitrogens is 3. The molecule has 2 aromatic rings. The van der Waals surface area contributed by atoms with Gasteiger partial charge in [0.25, 0.3) is 0 Å². The van der Waals surface area contributed by atoms with Gasteiger partial charge in [-0.15, -0.1) is 5.10 Å². The molecule has 0 saturated heterocycles. The van der Waals surface area contributed by atoms with E-state index in [0.29, 0.717) is 11.4 Å². The van der Waals surface area contributed by atoms with Crippen molar-refractivity contribution in [3.8, 4) is 0 Å². The van der Waals surface area contributed by atoms with Gasteiger partial charge >= 0.3 is 0 Å². The van der Waals surface area contributed by atoms with Crippen molar-refractivity contribution in [2.24, 2.45) is 5.73 Å². The molecule has 0 bridgehead atoms. The number of nitrogens with one attached hydrogen (secondary N) is 1. The van der Waals surface area contributed by atoms with Gasteiger partial charge in [0.05, 0.1) is 23.6 Å². The molecular weight excluding hydrogens is 234 g/mol. The molecule has 5 nitrogen and oxygen atoms in total. The Hall–Kier alpha value is -2.08. The highest BCUT2D eigenvalue weighted by Crippen LogP contribution is 2.16. The van der Waals surface area contributed by atoms with E-state index in [4.69, 9.17) is 18.0 Å². The van der Waals surface area contributed by atoms with Crippen LogP contribution in [0, 0.1) is 6.92 Å². The first kappa shape index (κ1) is 11.4. The van der Waals surface area contributed by atoms with E-state index in [1.807, 2.05) is 19.1 Å². The Morgan fingerprint density at radius 2 is 2.18 bits per heavy atom. The molecule has 86 valence electrons. The fraction of sp³-hybridized carbons (Fsp3) is 0.0909. The van der Waals surface area contributed by atoms with Gasteiger partial charge in [-0.1, -0.05) is 12.2 Å². The van der Waals surface area contributed by atoms with E-state index in [9.17, 15) is 0 Å². The van der Waals surface area contributed by atoms with Gasteiger partial charge in [-0.05, 0) is 25.1 Å². The van der Waals surface area contributed by atoms with Crippen LogP contribution in [-0.2, 0) is 0 Å². The van der Waals surface area contributed by atoms with E-state index < -0.39 is 0 Å². The third-order valence-electron chi connectivity index (χ3n) is 2.16. The van der Waals surface area contributed by atoms with Gasteiger partial charge in [0.2, 0.25) is 0 Å². The van der Waals surface area contributed by atoms with Crippen LogP contribution in [0.5, 0.6) is 0 Å². The van der Waals surface area contributed by atoms with Crippen molar-refractivity contribution in [3.63, 3.8) is 0 Å². The van der Waals surface area contributed by atoms with E-state index in [-0.39, 0.29) is 4.99 Å². The van der Waals surface area contributed by atoms with Crippen LogP contribution in [0.15, 0.2) is 30.6 Å². The number of rotatable bonds is 3.